The zero-order valence-electron chi connectivity index (χ0n) is 7.34. The standard InChI is InChI=1S/C6H10N4O3/c1-9(2)4-6-5(3-7-11)8-13-10(6)12/h3,11H,4H2,1-2H3/b7-3+. The van der Waals surface area contributed by atoms with E-state index in [-0.39, 0.29) is 10.6 Å². The van der Waals surface area contributed by atoms with Gasteiger partial charge in [0.25, 0.3) is 5.69 Å². The molecule has 0 fully saturated rings. The fraction of sp³-hybridized carbons (Fsp3) is 0.500. The Kier molecular flexibility index (Phi) is 2.80. The average Bonchev–Trinajstić information content (AvgIpc) is 2.36. The molecule has 1 aromatic rings. The van der Waals surface area contributed by atoms with Crippen LogP contribution in [0.15, 0.2) is 9.78 Å². The Morgan fingerprint density at radius 1 is 1.77 bits per heavy atom. The molecule has 0 amide bonds. The Morgan fingerprint density at radius 2 is 2.46 bits per heavy atom. The quantitative estimate of drug-likeness (QED) is 0.288. The molecule has 0 radical (unpaired) electrons. The van der Waals surface area contributed by atoms with Crippen molar-refractivity contribution >= 4 is 6.21 Å². The highest BCUT2D eigenvalue weighted by molar-refractivity contribution is 5.76. The molecule has 0 aromatic carbocycles. The van der Waals surface area contributed by atoms with Crippen molar-refractivity contribution in [3.05, 3.63) is 16.6 Å². The smallest absolute Gasteiger partial charge is 0.267 e. The van der Waals surface area contributed by atoms with Crippen LogP contribution in [0.4, 0.5) is 0 Å². The molecule has 0 saturated carbocycles. The van der Waals surface area contributed by atoms with Crippen molar-refractivity contribution in [1.82, 2.24) is 10.1 Å². The van der Waals surface area contributed by atoms with Crippen LogP contribution in [0, 0.1) is 5.21 Å². The van der Waals surface area contributed by atoms with Crippen LogP contribution in [0.3, 0.4) is 0 Å². The van der Waals surface area contributed by atoms with Crippen molar-refractivity contribution in [1.29, 1.82) is 0 Å². The zero-order valence-corrected chi connectivity index (χ0v) is 7.34. The van der Waals surface area contributed by atoms with E-state index in [1.165, 1.54) is 0 Å². The molecule has 72 valence electrons. The summed E-state index contributed by atoms with van der Waals surface area (Å²) in [7, 11) is 3.60. The fourth-order valence-electron chi connectivity index (χ4n) is 0.868. The molecule has 1 heterocycles. The Morgan fingerprint density at radius 3 is 3.00 bits per heavy atom. The van der Waals surface area contributed by atoms with Crippen LogP contribution in [-0.2, 0) is 6.54 Å². The van der Waals surface area contributed by atoms with E-state index >= 15 is 0 Å². The third-order valence-corrected chi connectivity index (χ3v) is 1.38. The maximum atomic E-state index is 11.0. The van der Waals surface area contributed by atoms with E-state index < -0.39 is 0 Å². The first kappa shape index (κ1) is 9.46. The number of oxime groups is 1. The number of hydrogen-bond acceptors (Lipinski definition) is 6. The third kappa shape index (κ3) is 2.15. The van der Waals surface area contributed by atoms with Crippen LogP contribution in [0.5, 0.6) is 0 Å². The van der Waals surface area contributed by atoms with Gasteiger partial charge in [-0.25, -0.2) is 0 Å². The fourth-order valence-corrected chi connectivity index (χ4v) is 0.868. The van der Waals surface area contributed by atoms with E-state index in [0.717, 1.165) is 6.21 Å². The molecule has 1 N–H and O–H groups in total. The van der Waals surface area contributed by atoms with E-state index in [1.807, 2.05) is 0 Å². The third-order valence-electron chi connectivity index (χ3n) is 1.38. The first-order chi connectivity index (χ1) is 6.15. The minimum Gasteiger partial charge on any atom is -0.411 e. The second-order valence-corrected chi connectivity index (χ2v) is 2.74. The first-order valence-electron chi connectivity index (χ1n) is 3.56. The van der Waals surface area contributed by atoms with Crippen LogP contribution in [-0.4, -0.2) is 35.6 Å². The van der Waals surface area contributed by atoms with Crippen LogP contribution in [0.2, 0.25) is 0 Å². The summed E-state index contributed by atoms with van der Waals surface area (Å²) >= 11 is 0. The van der Waals surface area contributed by atoms with Crippen molar-refractivity contribution in [2.45, 2.75) is 6.54 Å². The van der Waals surface area contributed by atoms with Gasteiger partial charge < -0.3 is 15.3 Å². The highest BCUT2D eigenvalue weighted by Gasteiger charge is 2.17. The van der Waals surface area contributed by atoms with Gasteiger partial charge in [0.2, 0.25) is 5.69 Å². The molecule has 1 aromatic heterocycles. The summed E-state index contributed by atoms with van der Waals surface area (Å²) in [6.07, 6.45) is 1.05. The minimum absolute atomic E-state index is 0.228. The van der Waals surface area contributed by atoms with Crippen molar-refractivity contribution in [3.8, 4) is 0 Å². The predicted molar refractivity (Wildman–Crippen MR) is 42.2 cm³/mol. The van der Waals surface area contributed by atoms with Crippen LogP contribution in [0.1, 0.15) is 11.4 Å². The van der Waals surface area contributed by atoms with Crippen LogP contribution >= 0.6 is 0 Å². The number of hydrogen-bond donors (Lipinski definition) is 1. The van der Waals surface area contributed by atoms with Gasteiger partial charge in [-0.05, 0) is 19.0 Å². The minimum atomic E-state index is 0.228. The van der Waals surface area contributed by atoms with Gasteiger partial charge in [-0.3, -0.25) is 4.63 Å². The van der Waals surface area contributed by atoms with E-state index in [1.54, 1.807) is 19.0 Å². The molecule has 7 heteroatoms. The summed E-state index contributed by atoms with van der Waals surface area (Å²) in [5.41, 5.74) is 0.536. The van der Waals surface area contributed by atoms with Gasteiger partial charge in [-0.15, -0.1) is 0 Å². The lowest BCUT2D eigenvalue weighted by molar-refractivity contribution is -0.808. The molecule has 13 heavy (non-hydrogen) atoms. The zero-order chi connectivity index (χ0) is 9.84. The highest BCUT2D eigenvalue weighted by atomic mass is 16.8. The van der Waals surface area contributed by atoms with E-state index in [9.17, 15) is 5.21 Å². The molecule has 7 nitrogen and oxygen atoms in total. The largest absolute Gasteiger partial charge is 0.411 e. The Labute approximate surface area is 74.4 Å². The summed E-state index contributed by atoms with van der Waals surface area (Å²) in [5.74, 6) is 0. The molecule has 1 rings (SSSR count). The van der Waals surface area contributed by atoms with Gasteiger partial charge in [0.1, 0.15) is 6.21 Å². The van der Waals surface area contributed by atoms with E-state index in [0.29, 0.717) is 12.2 Å². The molecule has 0 aliphatic carbocycles. The van der Waals surface area contributed by atoms with Gasteiger partial charge in [-0.1, -0.05) is 5.16 Å². The molecule has 0 saturated heterocycles. The summed E-state index contributed by atoms with van der Waals surface area (Å²) in [6, 6.07) is 0. The van der Waals surface area contributed by atoms with Crippen LogP contribution in [0.25, 0.3) is 0 Å². The molecule has 0 unspecified atom stereocenters. The van der Waals surface area contributed by atoms with Gasteiger partial charge >= 0.3 is 0 Å². The molecular weight excluding hydrogens is 176 g/mol. The normalized spacial score (nSPS) is 11.6. The monoisotopic (exact) mass is 186 g/mol. The predicted octanol–water partition coefficient (Wildman–Crippen LogP) is -0.822. The number of rotatable bonds is 3. The summed E-state index contributed by atoms with van der Waals surface area (Å²) < 4.78 is 4.33. The number of nitrogens with zero attached hydrogens (tertiary/aromatic N) is 4. The Hall–Kier alpha value is -1.63. The van der Waals surface area contributed by atoms with Crippen molar-refractivity contribution in [2.75, 3.05) is 14.1 Å². The maximum Gasteiger partial charge on any atom is 0.267 e. The van der Waals surface area contributed by atoms with Gasteiger partial charge in [-0.2, -0.15) is 0 Å². The van der Waals surface area contributed by atoms with Gasteiger partial charge in [0.05, 0.1) is 6.54 Å². The molecular formula is C6H10N4O3. The molecule has 0 spiro atoms. The van der Waals surface area contributed by atoms with Crippen molar-refractivity contribution in [2.24, 2.45) is 5.16 Å². The number of aromatic nitrogens is 2. The molecule has 0 atom stereocenters. The molecule has 0 bridgehead atoms. The average molecular weight is 186 g/mol. The SMILES string of the molecule is CN(C)Cc1c(/C=N/O)no[n+]1[O-]. The van der Waals surface area contributed by atoms with Crippen molar-refractivity contribution < 1.29 is 14.7 Å². The summed E-state index contributed by atoms with van der Waals surface area (Å²) in [6.45, 7) is 0.369. The summed E-state index contributed by atoms with van der Waals surface area (Å²) in [4.78, 5) is 2.06. The maximum absolute atomic E-state index is 11.0. The lowest BCUT2D eigenvalue weighted by atomic mass is 10.3. The lowest BCUT2D eigenvalue weighted by Gasteiger charge is -2.05. The molecule has 0 aliphatic rings. The van der Waals surface area contributed by atoms with E-state index in [4.69, 9.17) is 5.21 Å². The topological polar surface area (TPSA) is 88.8 Å². The lowest BCUT2D eigenvalue weighted by Crippen LogP contribution is -2.31. The van der Waals surface area contributed by atoms with Crippen LogP contribution < -0.4 is 4.90 Å². The van der Waals surface area contributed by atoms with Gasteiger partial charge in [0, 0.05) is 5.16 Å². The van der Waals surface area contributed by atoms with E-state index in [2.05, 4.69) is 14.9 Å². The Balaban J connectivity index is 2.94. The second kappa shape index (κ2) is 3.85. The summed E-state index contributed by atoms with van der Waals surface area (Å²) in [5, 5.41) is 25.4. The van der Waals surface area contributed by atoms with Gasteiger partial charge in [0.15, 0.2) is 0 Å². The second-order valence-electron chi connectivity index (χ2n) is 2.74. The Bertz CT molecular complexity index is 307. The highest BCUT2D eigenvalue weighted by Crippen LogP contribution is 1.99. The molecule has 0 aliphatic heterocycles. The first-order valence-corrected chi connectivity index (χ1v) is 3.56. The van der Waals surface area contributed by atoms with Crippen molar-refractivity contribution in [3.63, 3.8) is 0 Å².